The fourth-order valence-corrected chi connectivity index (χ4v) is 6.94. The Kier molecular flexibility index (Phi) is 8.09. The van der Waals surface area contributed by atoms with Crippen molar-refractivity contribution in [2.24, 2.45) is 0 Å². The van der Waals surface area contributed by atoms with E-state index in [4.69, 9.17) is 0 Å². The fourth-order valence-electron chi connectivity index (χ4n) is 3.47. The average Bonchev–Trinajstić information content (AvgIpc) is 2.67. The van der Waals surface area contributed by atoms with Crippen LogP contribution < -0.4 is 10.6 Å². The van der Waals surface area contributed by atoms with Crippen LogP contribution in [0.25, 0.3) is 0 Å². The minimum absolute atomic E-state index is 0.342. The predicted octanol–water partition coefficient (Wildman–Crippen LogP) is 4.08. The number of hydrogen-bond acceptors (Lipinski definition) is 3. The summed E-state index contributed by atoms with van der Waals surface area (Å²) < 4.78 is 14.5. The highest BCUT2D eigenvalue weighted by Crippen LogP contribution is 2.52. The van der Waals surface area contributed by atoms with Crippen LogP contribution in [0.5, 0.6) is 0 Å². The van der Waals surface area contributed by atoms with E-state index in [-0.39, 0.29) is 5.66 Å². The lowest BCUT2D eigenvalue weighted by atomic mass is 10.0. The van der Waals surface area contributed by atoms with Crippen LogP contribution >= 0.6 is 7.14 Å². The van der Waals surface area contributed by atoms with Crippen molar-refractivity contribution in [2.75, 3.05) is 0 Å². The Morgan fingerprint density at radius 1 is 0.846 bits per heavy atom. The largest absolute Gasteiger partial charge is 0.393 e. The molecule has 0 heterocycles. The molecule has 0 radical (unpaired) electrons. The number of benzene rings is 2. The minimum Gasteiger partial charge on any atom is -0.393 e. The lowest BCUT2D eigenvalue weighted by Gasteiger charge is -2.32. The Hall–Kier alpha value is -1.41. The molecule has 26 heavy (non-hydrogen) atoms. The van der Waals surface area contributed by atoms with E-state index < -0.39 is 19.3 Å². The van der Waals surface area contributed by atoms with Gasteiger partial charge in [0, 0.05) is 16.3 Å². The SMILES string of the molecule is CCCC[C@@H]([C@@H](O)CCC(C)O)P(=O)(c1ccccc1)c1ccccc1. The molecule has 0 spiro atoms. The van der Waals surface area contributed by atoms with Crippen molar-refractivity contribution in [1.29, 1.82) is 0 Å². The van der Waals surface area contributed by atoms with Gasteiger partial charge in [-0.2, -0.15) is 0 Å². The molecule has 0 saturated heterocycles. The lowest BCUT2D eigenvalue weighted by molar-refractivity contribution is 0.117. The zero-order chi connectivity index (χ0) is 19.0. The molecule has 1 unspecified atom stereocenters. The van der Waals surface area contributed by atoms with E-state index in [0.29, 0.717) is 19.3 Å². The number of hydrogen-bond donors (Lipinski definition) is 2. The molecule has 0 aliphatic heterocycles. The van der Waals surface area contributed by atoms with Crippen LogP contribution in [-0.2, 0) is 4.57 Å². The zero-order valence-electron chi connectivity index (χ0n) is 15.8. The van der Waals surface area contributed by atoms with Crippen LogP contribution in [0.4, 0.5) is 0 Å². The van der Waals surface area contributed by atoms with Crippen molar-refractivity contribution in [3.63, 3.8) is 0 Å². The highest BCUT2D eigenvalue weighted by atomic mass is 31.2. The van der Waals surface area contributed by atoms with Crippen LogP contribution in [-0.4, -0.2) is 28.1 Å². The van der Waals surface area contributed by atoms with Crippen LogP contribution in [0.1, 0.15) is 46.0 Å². The summed E-state index contributed by atoms with van der Waals surface area (Å²) in [6, 6.07) is 19.1. The summed E-state index contributed by atoms with van der Waals surface area (Å²) >= 11 is 0. The second-order valence-corrected chi connectivity index (χ2v) is 10.0. The molecule has 3 atom stereocenters. The second-order valence-electron chi connectivity index (χ2n) is 7.03. The van der Waals surface area contributed by atoms with Crippen LogP contribution in [0.15, 0.2) is 60.7 Å². The first-order valence-corrected chi connectivity index (χ1v) is 11.3. The number of rotatable bonds is 10. The number of aliphatic hydroxyl groups excluding tert-OH is 2. The van der Waals surface area contributed by atoms with Gasteiger partial charge >= 0.3 is 0 Å². The standard InChI is InChI=1S/C22H31O3P/c1-3-4-15-22(21(24)17-16-18(2)23)26(25,19-11-7-5-8-12-19)20-13-9-6-10-14-20/h5-14,18,21-24H,3-4,15-17H2,1-2H3/t18?,21-,22-/m0/s1. The second kappa shape index (κ2) is 10.1. The molecule has 0 fully saturated rings. The molecule has 2 aromatic carbocycles. The lowest BCUT2D eigenvalue weighted by Crippen LogP contribution is -2.35. The molecule has 0 aliphatic carbocycles. The van der Waals surface area contributed by atoms with Gasteiger partial charge in [-0.25, -0.2) is 0 Å². The summed E-state index contributed by atoms with van der Waals surface area (Å²) in [6.45, 7) is 3.83. The molecule has 0 aliphatic rings. The monoisotopic (exact) mass is 374 g/mol. The first-order valence-electron chi connectivity index (χ1n) is 9.57. The summed E-state index contributed by atoms with van der Waals surface area (Å²) in [4.78, 5) is 0. The van der Waals surface area contributed by atoms with Gasteiger partial charge in [0.15, 0.2) is 0 Å². The first-order chi connectivity index (χ1) is 12.5. The van der Waals surface area contributed by atoms with Gasteiger partial charge in [0.05, 0.1) is 12.2 Å². The third kappa shape index (κ3) is 5.07. The number of unbranched alkanes of at least 4 members (excludes halogenated alkanes) is 1. The van der Waals surface area contributed by atoms with Gasteiger partial charge in [-0.05, 0) is 26.2 Å². The molecule has 4 heteroatoms. The maximum atomic E-state index is 14.5. The van der Waals surface area contributed by atoms with E-state index in [1.165, 1.54) is 0 Å². The van der Waals surface area contributed by atoms with Crippen molar-refractivity contribution in [1.82, 2.24) is 0 Å². The van der Waals surface area contributed by atoms with Crippen molar-refractivity contribution in [3.8, 4) is 0 Å². The molecule has 2 N–H and O–H groups in total. The molecule has 0 aromatic heterocycles. The summed E-state index contributed by atoms with van der Waals surface area (Å²) in [5.41, 5.74) is -0.342. The van der Waals surface area contributed by atoms with Crippen LogP contribution in [0, 0.1) is 0 Å². The topological polar surface area (TPSA) is 57.5 Å². The van der Waals surface area contributed by atoms with Crippen molar-refractivity contribution < 1.29 is 14.8 Å². The normalized spacial score (nSPS) is 15.4. The molecular weight excluding hydrogens is 343 g/mol. The third-order valence-corrected chi connectivity index (χ3v) is 8.59. The Labute approximate surface area is 157 Å². The van der Waals surface area contributed by atoms with Gasteiger partial charge in [0.25, 0.3) is 0 Å². The van der Waals surface area contributed by atoms with Gasteiger partial charge in [0.1, 0.15) is 7.14 Å². The maximum absolute atomic E-state index is 14.5. The predicted molar refractivity (Wildman–Crippen MR) is 110 cm³/mol. The first kappa shape index (κ1) is 20.9. The third-order valence-electron chi connectivity index (χ3n) is 4.92. The van der Waals surface area contributed by atoms with E-state index in [1.807, 2.05) is 60.7 Å². The van der Waals surface area contributed by atoms with E-state index >= 15 is 0 Å². The summed E-state index contributed by atoms with van der Waals surface area (Å²) in [6.07, 6.45) is 2.40. The molecule has 0 bridgehead atoms. The van der Waals surface area contributed by atoms with Gasteiger partial charge in [-0.1, -0.05) is 80.4 Å². The highest BCUT2D eigenvalue weighted by Gasteiger charge is 2.40. The van der Waals surface area contributed by atoms with Gasteiger partial charge in [-0.3, -0.25) is 0 Å². The average molecular weight is 374 g/mol. The Balaban J connectivity index is 2.49. The molecule has 3 nitrogen and oxygen atoms in total. The number of aliphatic hydroxyl groups is 2. The molecule has 0 saturated carbocycles. The quantitative estimate of drug-likeness (QED) is 0.616. The zero-order valence-corrected chi connectivity index (χ0v) is 16.7. The summed E-state index contributed by atoms with van der Waals surface area (Å²) in [5.74, 6) is 0. The Morgan fingerprint density at radius 3 is 1.77 bits per heavy atom. The van der Waals surface area contributed by atoms with Gasteiger partial charge in [-0.15, -0.1) is 0 Å². The van der Waals surface area contributed by atoms with Gasteiger partial charge in [0.2, 0.25) is 0 Å². The Bertz CT molecular complexity index is 642. The molecule has 2 aromatic rings. The van der Waals surface area contributed by atoms with Crippen molar-refractivity contribution >= 4 is 17.8 Å². The summed E-state index contributed by atoms with van der Waals surface area (Å²) in [5, 5.41) is 22.2. The Morgan fingerprint density at radius 2 is 1.35 bits per heavy atom. The van der Waals surface area contributed by atoms with E-state index in [0.717, 1.165) is 23.5 Å². The molecular formula is C22H31O3P. The van der Waals surface area contributed by atoms with Crippen LogP contribution in [0.2, 0.25) is 0 Å². The molecule has 142 valence electrons. The molecule has 0 amide bonds. The smallest absolute Gasteiger partial charge is 0.148 e. The highest BCUT2D eigenvalue weighted by molar-refractivity contribution is 7.79. The molecule has 2 rings (SSSR count). The maximum Gasteiger partial charge on any atom is 0.148 e. The van der Waals surface area contributed by atoms with E-state index in [2.05, 4.69) is 6.92 Å². The van der Waals surface area contributed by atoms with E-state index in [9.17, 15) is 14.8 Å². The van der Waals surface area contributed by atoms with Crippen molar-refractivity contribution in [2.45, 2.75) is 63.8 Å². The van der Waals surface area contributed by atoms with Gasteiger partial charge < -0.3 is 14.8 Å². The minimum atomic E-state index is -3.01. The fraction of sp³-hybridized carbons (Fsp3) is 0.455. The summed E-state index contributed by atoms with van der Waals surface area (Å²) in [7, 11) is -3.01. The van der Waals surface area contributed by atoms with Crippen molar-refractivity contribution in [3.05, 3.63) is 60.7 Å². The van der Waals surface area contributed by atoms with Crippen LogP contribution in [0.3, 0.4) is 0 Å². The van der Waals surface area contributed by atoms with E-state index in [1.54, 1.807) is 6.92 Å².